The van der Waals surface area contributed by atoms with Crippen LogP contribution >= 0.6 is 0 Å². The molecule has 0 atom stereocenters. The Hall–Kier alpha value is -2.41. The number of nitriles is 1. The summed E-state index contributed by atoms with van der Waals surface area (Å²) in [6.07, 6.45) is 6.12. The minimum Gasteiger partial charge on any atom is -0.349 e. The monoisotopic (exact) mass is 268 g/mol. The molecule has 3 rings (SSSR count). The van der Waals surface area contributed by atoms with Gasteiger partial charge in [-0.1, -0.05) is 6.07 Å². The number of carbonyl (C=O) groups excluding carboxylic acids is 1. The molecule has 0 unspecified atom stereocenters. The van der Waals surface area contributed by atoms with Crippen molar-refractivity contribution in [3.05, 3.63) is 58.7 Å². The highest BCUT2D eigenvalue weighted by molar-refractivity contribution is 5.98. The predicted octanol–water partition coefficient (Wildman–Crippen LogP) is 3.07. The Morgan fingerprint density at radius 2 is 2.15 bits per heavy atom. The molecule has 0 bridgehead atoms. The van der Waals surface area contributed by atoms with Crippen molar-refractivity contribution >= 4 is 5.78 Å². The molecular weight excluding hydrogens is 255 g/mol. The van der Waals surface area contributed by atoms with Crippen molar-refractivity contribution in [2.75, 3.05) is 0 Å². The highest BCUT2D eigenvalue weighted by atomic mass is 19.1. The maximum absolute atomic E-state index is 13.9. The van der Waals surface area contributed by atoms with Crippen LogP contribution in [-0.4, -0.2) is 10.4 Å². The minimum atomic E-state index is -0.387. The predicted molar refractivity (Wildman–Crippen MR) is 71.9 cm³/mol. The van der Waals surface area contributed by atoms with Gasteiger partial charge < -0.3 is 4.57 Å². The van der Waals surface area contributed by atoms with E-state index in [4.69, 9.17) is 5.26 Å². The first-order valence-corrected chi connectivity index (χ1v) is 6.58. The van der Waals surface area contributed by atoms with Gasteiger partial charge in [0.25, 0.3) is 0 Å². The van der Waals surface area contributed by atoms with Crippen LogP contribution in [0.25, 0.3) is 0 Å². The van der Waals surface area contributed by atoms with E-state index in [0.29, 0.717) is 24.1 Å². The normalized spacial score (nSPS) is 13.9. The Labute approximate surface area is 116 Å². The number of ketones is 1. The average Bonchev–Trinajstić information content (AvgIpc) is 2.85. The number of aromatic nitrogens is 1. The number of rotatable bonds is 2. The Morgan fingerprint density at radius 3 is 2.85 bits per heavy atom. The second-order valence-electron chi connectivity index (χ2n) is 5.06. The molecular formula is C16H13FN2O. The van der Waals surface area contributed by atoms with Crippen molar-refractivity contribution in [2.45, 2.75) is 25.8 Å². The molecule has 0 fully saturated rings. The minimum absolute atomic E-state index is 0.172. The second kappa shape index (κ2) is 4.93. The van der Waals surface area contributed by atoms with Crippen molar-refractivity contribution in [1.82, 2.24) is 4.57 Å². The van der Waals surface area contributed by atoms with Crippen LogP contribution < -0.4 is 0 Å². The summed E-state index contributed by atoms with van der Waals surface area (Å²) >= 11 is 0. The Bertz CT molecular complexity index is 725. The third kappa shape index (κ3) is 2.23. The molecule has 0 spiro atoms. The van der Waals surface area contributed by atoms with Crippen LogP contribution in [0.4, 0.5) is 4.39 Å². The van der Waals surface area contributed by atoms with E-state index in [-0.39, 0.29) is 11.6 Å². The lowest BCUT2D eigenvalue weighted by atomic mass is 9.95. The van der Waals surface area contributed by atoms with Gasteiger partial charge in [-0.15, -0.1) is 0 Å². The van der Waals surface area contributed by atoms with E-state index < -0.39 is 0 Å². The van der Waals surface area contributed by atoms with Gasteiger partial charge in [-0.05, 0) is 30.5 Å². The van der Waals surface area contributed by atoms with E-state index in [1.165, 1.54) is 6.07 Å². The molecule has 1 aromatic carbocycles. The lowest BCUT2D eigenvalue weighted by Crippen LogP contribution is -2.07. The molecule has 0 radical (unpaired) electrons. The van der Waals surface area contributed by atoms with Gasteiger partial charge in [-0.3, -0.25) is 4.79 Å². The molecule has 3 nitrogen and oxygen atoms in total. The van der Waals surface area contributed by atoms with Gasteiger partial charge in [0.15, 0.2) is 5.78 Å². The van der Waals surface area contributed by atoms with E-state index in [1.54, 1.807) is 18.3 Å². The SMILES string of the molecule is N#Cc1ccc(Cn2cc3c(c2)C(=O)CCC3)c(F)c1. The molecule has 100 valence electrons. The fourth-order valence-corrected chi connectivity index (χ4v) is 2.61. The summed E-state index contributed by atoms with van der Waals surface area (Å²) in [7, 11) is 0. The number of hydrogen-bond donors (Lipinski definition) is 0. The van der Waals surface area contributed by atoms with E-state index in [9.17, 15) is 9.18 Å². The summed E-state index contributed by atoms with van der Waals surface area (Å²) in [4.78, 5) is 11.8. The molecule has 0 saturated carbocycles. The first kappa shape index (κ1) is 12.6. The quantitative estimate of drug-likeness (QED) is 0.840. The summed E-state index contributed by atoms with van der Waals surface area (Å²) in [6, 6.07) is 6.38. The van der Waals surface area contributed by atoms with Crippen LogP contribution in [0.5, 0.6) is 0 Å². The van der Waals surface area contributed by atoms with Crippen LogP contribution in [-0.2, 0) is 13.0 Å². The summed E-state index contributed by atoms with van der Waals surface area (Å²) in [5.41, 5.74) is 2.65. The van der Waals surface area contributed by atoms with Crippen molar-refractivity contribution in [2.24, 2.45) is 0 Å². The zero-order valence-corrected chi connectivity index (χ0v) is 10.9. The van der Waals surface area contributed by atoms with Crippen LogP contribution in [0.3, 0.4) is 0 Å². The third-order valence-electron chi connectivity index (χ3n) is 3.65. The molecule has 0 amide bonds. The highest BCUT2D eigenvalue weighted by Gasteiger charge is 2.19. The third-order valence-corrected chi connectivity index (χ3v) is 3.65. The fraction of sp³-hybridized carbons (Fsp3) is 0.250. The van der Waals surface area contributed by atoms with Crippen LogP contribution in [0.15, 0.2) is 30.6 Å². The fourth-order valence-electron chi connectivity index (χ4n) is 2.61. The number of Topliss-reactive ketones (excluding diaryl/α,β-unsaturated/α-hetero) is 1. The number of benzene rings is 1. The summed E-state index contributed by atoms with van der Waals surface area (Å²) in [5, 5.41) is 8.72. The van der Waals surface area contributed by atoms with Gasteiger partial charge in [0.05, 0.1) is 11.6 Å². The average molecular weight is 268 g/mol. The molecule has 2 aromatic rings. The number of nitrogens with zero attached hydrogens (tertiary/aromatic N) is 2. The van der Waals surface area contributed by atoms with Gasteiger partial charge in [0.1, 0.15) is 5.82 Å². The highest BCUT2D eigenvalue weighted by Crippen LogP contribution is 2.23. The lowest BCUT2D eigenvalue weighted by molar-refractivity contribution is 0.0973. The Morgan fingerprint density at radius 1 is 1.30 bits per heavy atom. The zero-order valence-electron chi connectivity index (χ0n) is 10.9. The Balaban J connectivity index is 1.89. The maximum Gasteiger partial charge on any atom is 0.164 e. The second-order valence-corrected chi connectivity index (χ2v) is 5.06. The first-order chi connectivity index (χ1) is 9.67. The van der Waals surface area contributed by atoms with E-state index in [1.807, 2.05) is 16.8 Å². The molecule has 1 aliphatic carbocycles. The molecule has 0 saturated heterocycles. The smallest absolute Gasteiger partial charge is 0.164 e. The maximum atomic E-state index is 13.9. The largest absolute Gasteiger partial charge is 0.349 e. The molecule has 4 heteroatoms. The summed E-state index contributed by atoms with van der Waals surface area (Å²) in [6.45, 7) is 0.373. The number of aryl methyl sites for hydroxylation is 1. The van der Waals surface area contributed by atoms with Crippen LogP contribution in [0.1, 0.15) is 39.9 Å². The van der Waals surface area contributed by atoms with Crippen molar-refractivity contribution in [1.29, 1.82) is 5.26 Å². The van der Waals surface area contributed by atoms with Gasteiger partial charge in [-0.2, -0.15) is 5.26 Å². The van der Waals surface area contributed by atoms with E-state index in [0.717, 1.165) is 24.0 Å². The molecule has 0 N–H and O–H groups in total. The number of fused-ring (bicyclic) bond motifs is 1. The van der Waals surface area contributed by atoms with Gasteiger partial charge >= 0.3 is 0 Å². The molecule has 20 heavy (non-hydrogen) atoms. The lowest BCUT2D eigenvalue weighted by Gasteiger charge is -2.07. The zero-order chi connectivity index (χ0) is 14.1. The standard InChI is InChI=1S/C16H13FN2O/c17-15-6-11(7-18)4-5-13(15)9-19-8-12-2-1-3-16(20)14(12)10-19/h4-6,8,10H,1-3,9H2. The number of halogens is 1. The van der Waals surface area contributed by atoms with Gasteiger partial charge in [0, 0.05) is 36.5 Å². The van der Waals surface area contributed by atoms with Crippen LogP contribution in [0, 0.1) is 17.1 Å². The van der Waals surface area contributed by atoms with Crippen molar-refractivity contribution < 1.29 is 9.18 Å². The molecule has 0 aliphatic heterocycles. The van der Waals surface area contributed by atoms with Crippen molar-refractivity contribution in [3.8, 4) is 6.07 Å². The van der Waals surface area contributed by atoms with Gasteiger partial charge in [-0.25, -0.2) is 4.39 Å². The van der Waals surface area contributed by atoms with Crippen molar-refractivity contribution in [3.63, 3.8) is 0 Å². The van der Waals surface area contributed by atoms with E-state index in [2.05, 4.69) is 0 Å². The van der Waals surface area contributed by atoms with E-state index >= 15 is 0 Å². The van der Waals surface area contributed by atoms with Crippen LogP contribution in [0.2, 0.25) is 0 Å². The van der Waals surface area contributed by atoms with Gasteiger partial charge in [0.2, 0.25) is 0 Å². The summed E-state index contributed by atoms with van der Waals surface area (Å²) in [5.74, 6) is -0.215. The molecule has 1 aromatic heterocycles. The first-order valence-electron chi connectivity index (χ1n) is 6.58. The number of hydrogen-bond acceptors (Lipinski definition) is 2. The summed E-state index contributed by atoms with van der Waals surface area (Å²) < 4.78 is 15.7. The topological polar surface area (TPSA) is 45.8 Å². The Kier molecular flexibility index (Phi) is 3.11. The number of carbonyl (C=O) groups is 1. The molecule has 1 aliphatic rings. The molecule has 1 heterocycles.